The highest BCUT2D eigenvalue weighted by Gasteiger charge is 2.14. The van der Waals surface area contributed by atoms with Crippen molar-refractivity contribution >= 4 is 5.91 Å². The number of amides is 1. The number of carbonyl (C=O) groups is 1. The molecule has 0 aliphatic rings. The van der Waals surface area contributed by atoms with Crippen LogP contribution in [0.5, 0.6) is 0 Å². The van der Waals surface area contributed by atoms with Gasteiger partial charge in [-0.15, -0.1) is 0 Å². The lowest BCUT2D eigenvalue weighted by Gasteiger charge is -2.17. The molecule has 0 aromatic carbocycles. The van der Waals surface area contributed by atoms with Crippen LogP contribution in [0.4, 0.5) is 0 Å². The second-order valence-electron chi connectivity index (χ2n) is 2.63. The molecule has 2 unspecified atom stereocenters. The van der Waals surface area contributed by atoms with E-state index in [1.807, 2.05) is 13.8 Å². The van der Waals surface area contributed by atoms with Crippen LogP contribution in [0.15, 0.2) is 0 Å². The molecule has 2 atom stereocenters. The minimum absolute atomic E-state index is 0.00231. The number of rotatable bonds is 3. The van der Waals surface area contributed by atoms with Crippen LogP contribution in [0, 0.1) is 17.2 Å². The number of nitrogens with one attached hydrogen (secondary N) is 1. The molecule has 1 amide bonds. The van der Waals surface area contributed by atoms with Crippen LogP contribution in [0.3, 0.4) is 0 Å². The summed E-state index contributed by atoms with van der Waals surface area (Å²) >= 11 is 0. The largest absolute Gasteiger partial charge is 0.352 e. The summed E-state index contributed by atoms with van der Waals surface area (Å²) < 4.78 is 0. The van der Waals surface area contributed by atoms with E-state index in [0.29, 0.717) is 0 Å². The first-order chi connectivity index (χ1) is 5.11. The van der Waals surface area contributed by atoms with Crippen LogP contribution in [-0.2, 0) is 4.79 Å². The van der Waals surface area contributed by atoms with Crippen LogP contribution < -0.4 is 5.32 Å². The number of hydrogen-bond acceptors (Lipinski definition) is 2. The summed E-state index contributed by atoms with van der Waals surface area (Å²) in [6.07, 6.45) is 0.800. The third kappa shape index (κ3) is 3.61. The summed E-state index contributed by atoms with van der Waals surface area (Å²) in [6, 6.07) is 2.10. The van der Waals surface area contributed by atoms with Gasteiger partial charge < -0.3 is 5.32 Å². The summed E-state index contributed by atoms with van der Waals surface area (Å²) in [5.74, 6) is -0.178. The Labute approximate surface area is 67.4 Å². The summed E-state index contributed by atoms with van der Waals surface area (Å²) in [5, 5.41) is 11.3. The van der Waals surface area contributed by atoms with Gasteiger partial charge in [-0.2, -0.15) is 5.26 Å². The maximum absolute atomic E-state index is 10.6. The topological polar surface area (TPSA) is 52.9 Å². The Morgan fingerprint density at radius 2 is 2.27 bits per heavy atom. The van der Waals surface area contributed by atoms with E-state index in [-0.39, 0.29) is 17.9 Å². The molecule has 62 valence electrons. The van der Waals surface area contributed by atoms with Crippen molar-refractivity contribution in [3.8, 4) is 6.07 Å². The molecule has 11 heavy (non-hydrogen) atoms. The summed E-state index contributed by atoms with van der Waals surface area (Å²) in [6.45, 7) is 5.23. The SMILES string of the molecule is CCC(NC(C)=O)C(C)C#N. The second-order valence-corrected chi connectivity index (χ2v) is 2.63. The number of nitrogens with zero attached hydrogens (tertiary/aromatic N) is 1. The average molecular weight is 154 g/mol. The van der Waals surface area contributed by atoms with Gasteiger partial charge in [-0.1, -0.05) is 6.92 Å². The van der Waals surface area contributed by atoms with E-state index in [1.165, 1.54) is 6.92 Å². The Hall–Kier alpha value is -1.04. The molecule has 0 radical (unpaired) electrons. The fourth-order valence-corrected chi connectivity index (χ4v) is 0.932. The normalized spacial score (nSPS) is 14.7. The van der Waals surface area contributed by atoms with Gasteiger partial charge in [-0.3, -0.25) is 4.79 Å². The molecule has 0 bridgehead atoms. The van der Waals surface area contributed by atoms with Crippen molar-refractivity contribution < 1.29 is 4.79 Å². The fraction of sp³-hybridized carbons (Fsp3) is 0.750. The van der Waals surface area contributed by atoms with Gasteiger partial charge in [-0.05, 0) is 13.3 Å². The lowest BCUT2D eigenvalue weighted by atomic mass is 10.0. The first-order valence-corrected chi connectivity index (χ1v) is 3.78. The van der Waals surface area contributed by atoms with E-state index >= 15 is 0 Å². The zero-order chi connectivity index (χ0) is 8.85. The maximum Gasteiger partial charge on any atom is 0.217 e. The molecule has 3 heteroatoms. The number of carbonyl (C=O) groups excluding carboxylic acids is 1. The third-order valence-electron chi connectivity index (χ3n) is 1.64. The van der Waals surface area contributed by atoms with Crippen LogP contribution in [-0.4, -0.2) is 11.9 Å². The Kier molecular flexibility index (Phi) is 4.28. The lowest BCUT2D eigenvalue weighted by Crippen LogP contribution is -2.36. The molecule has 1 N–H and O–H groups in total. The van der Waals surface area contributed by atoms with Crippen molar-refractivity contribution in [1.29, 1.82) is 5.26 Å². The highest BCUT2D eigenvalue weighted by Crippen LogP contribution is 2.04. The molecule has 0 fully saturated rings. The van der Waals surface area contributed by atoms with Crippen LogP contribution in [0.2, 0.25) is 0 Å². The standard InChI is InChI=1S/C8H14N2O/c1-4-8(6(2)5-9)10-7(3)11/h6,8H,4H2,1-3H3,(H,10,11). The quantitative estimate of drug-likeness (QED) is 0.660. The molecular formula is C8H14N2O. The zero-order valence-corrected chi connectivity index (χ0v) is 7.22. The Bertz CT molecular complexity index is 171. The van der Waals surface area contributed by atoms with Crippen molar-refractivity contribution in [3.63, 3.8) is 0 Å². The molecule has 3 nitrogen and oxygen atoms in total. The van der Waals surface area contributed by atoms with Crippen molar-refractivity contribution in [2.24, 2.45) is 5.92 Å². The molecule has 0 aliphatic heterocycles. The summed E-state index contributed by atoms with van der Waals surface area (Å²) in [7, 11) is 0. The van der Waals surface area contributed by atoms with E-state index < -0.39 is 0 Å². The van der Waals surface area contributed by atoms with E-state index in [1.54, 1.807) is 0 Å². The van der Waals surface area contributed by atoms with E-state index in [2.05, 4.69) is 11.4 Å². The Balaban J connectivity index is 3.97. The van der Waals surface area contributed by atoms with Crippen LogP contribution in [0.1, 0.15) is 27.2 Å². The van der Waals surface area contributed by atoms with Gasteiger partial charge >= 0.3 is 0 Å². The van der Waals surface area contributed by atoms with Crippen LogP contribution in [0.25, 0.3) is 0 Å². The predicted octanol–water partition coefficient (Wildman–Crippen LogP) is 1.06. The molecule has 0 rings (SSSR count). The van der Waals surface area contributed by atoms with E-state index in [0.717, 1.165) is 6.42 Å². The minimum atomic E-state index is -0.108. The smallest absolute Gasteiger partial charge is 0.217 e. The Morgan fingerprint density at radius 3 is 2.55 bits per heavy atom. The minimum Gasteiger partial charge on any atom is -0.352 e. The number of hydrogen-bond donors (Lipinski definition) is 1. The molecule has 0 saturated carbocycles. The van der Waals surface area contributed by atoms with E-state index in [4.69, 9.17) is 5.26 Å². The van der Waals surface area contributed by atoms with Gasteiger partial charge in [-0.25, -0.2) is 0 Å². The first kappa shape index (κ1) is 9.96. The summed E-state index contributed by atoms with van der Waals surface area (Å²) in [5.41, 5.74) is 0. The second kappa shape index (κ2) is 4.73. The van der Waals surface area contributed by atoms with Gasteiger partial charge in [0.05, 0.1) is 12.0 Å². The molecule has 0 aliphatic carbocycles. The van der Waals surface area contributed by atoms with Crippen LogP contribution >= 0.6 is 0 Å². The Morgan fingerprint density at radius 1 is 1.73 bits per heavy atom. The molecular weight excluding hydrogens is 140 g/mol. The van der Waals surface area contributed by atoms with Crippen molar-refractivity contribution in [2.45, 2.75) is 33.2 Å². The van der Waals surface area contributed by atoms with Gasteiger partial charge in [0.15, 0.2) is 0 Å². The fourth-order valence-electron chi connectivity index (χ4n) is 0.932. The summed E-state index contributed by atoms with van der Waals surface area (Å²) in [4.78, 5) is 10.6. The van der Waals surface area contributed by atoms with Gasteiger partial charge in [0.2, 0.25) is 5.91 Å². The van der Waals surface area contributed by atoms with Crippen molar-refractivity contribution in [2.75, 3.05) is 0 Å². The van der Waals surface area contributed by atoms with Crippen molar-refractivity contribution in [3.05, 3.63) is 0 Å². The van der Waals surface area contributed by atoms with E-state index in [9.17, 15) is 4.79 Å². The predicted molar refractivity (Wildman–Crippen MR) is 42.7 cm³/mol. The monoisotopic (exact) mass is 154 g/mol. The molecule has 0 saturated heterocycles. The highest BCUT2D eigenvalue weighted by molar-refractivity contribution is 5.73. The highest BCUT2D eigenvalue weighted by atomic mass is 16.1. The maximum atomic E-state index is 10.6. The van der Waals surface area contributed by atoms with Gasteiger partial charge in [0.1, 0.15) is 0 Å². The molecule has 0 heterocycles. The van der Waals surface area contributed by atoms with Crippen molar-refractivity contribution in [1.82, 2.24) is 5.32 Å². The molecule has 0 spiro atoms. The number of nitriles is 1. The lowest BCUT2D eigenvalue weighted by molar-refractivity contribution is -0.119. The zero-order valence-electron chi connectivity index (χ0n) is 7.22. The van der Waals surface area contributed by atoms with Gasteiger partial charge in [0.25, 0.3) is 0 Å². The third-order valence-corrected chi connectivity index (χ3v) is 1.64. The molecule has 0 aromatic rings. The first-order valence-electron chi connectivity index (χ1n) is 3.78. The average Bonchev–Trinajstić information content (AvgIpc) is 1.98. The molecule has 0 aromatic heterocycles. The van der Waals surface area contributed by atoms with Gasteiger partial charge in [0, 0.05) is 13.0 Å².